The number of likely N-dealkylation sites (tertiary alicyclic amines) is 1. The van der Waals surface area contributed by atoms with E-state index in [-0.39, 0.29) is 5.54 Å². The van der Waals surface area contributed by atoms with E-state index in [1.807, 2.05) is 11.3 Å². The van der Waals surface area contributed by atoms with Gasteiger partial charge in [0.05, 0.1) is 6.04 Å². The lowest BCUT2D eigenvalue weighted by Crippen LogP contribution is -2.54. The summed E-state index contributed by atoms with van der Waals surface area (Å²) in [7, 11) is 0. The summed E-state index contributed by atoms with van der Waals surface area (Å²) in [5.41, 5.74) is 1.68. The number of hydrogen-bond donors (Lipinski definition) is 1. The molecule has 1 aliphatic heterocycles. The van der Waals surface area contributed by atoms with E-state index in [1.54, 1.807) is 0 Å². The highest BCUT2D eigenvalue weighted by Gasteiger charge is 2.37. The highest BCUT2D eigenvalue weighted by atomic mass is 32.1. The Labute approximate surface area is 128 Å². The van der Waals surface area contributed by atoms with Gasteiger partial charge in [-0.05, 0) is 76.7 Å². The van der Waals surface area contributed by atoms with Crippen LogP contribution >= 0.6 is 11.3 Å². The molecule has 3 heteroatoms. The molecule has 1 saturated heterocycles. The minimum Gasteiger partial charge on any atom is -0.308 e. The Kier molecular flexibility index (Phi) is 5.65. The lowest BCUT2D eigenvalue weighted by molar-refractivity contribution is 0.0607. The van der Waals surface area contributed by atoms with E-state index in [1.165, 1.54) is 49.2 Å². The Hall–Kier alpha value is -0.380. The average Bonchev–Trinajstić information content (AvgIpc) is 2.86. The van der Waals surface area contributed by atoms with Gasteiger partial charge < -0.3 is 5.32 Å². The number of nitrogens with one attached hydrogen (secondary N) is 1. The van der Waals surface area contributed by atoms with Crippen molar-refractivity contribution in [3.63, 3.8) is 0 Å². The van der Waals surface area contributed by atoms with Crippen LogP contribution in [-0.2, 0) is 0 Å². The van der Waals surface area contributed by atoms with Gasteiger partial charge in [-0.3, -0.25) is 4.90 Å². The first-order valence-corrected chi connectivity index (χ1v) is 8.97. The summed E-state index contributed by atoms with van der Waals surface area (Å²) in [5.74, 6) is 0. The topological polar surface area (TPSA) is 15.3 Å². The molecule has 0 radical (unpaired) electrons. The molecule has 0 spiro atoms. The van der Waals surface area contributed by atoms with Crippen LogP contribution in [0.1, 0.15) is 62.9 Å². The van der Waals surface area contributed by atoms with E-state index in [0.29, 0.717) is 6.04 Å². The Morgan fingerprint density at radius 3 is 2.55 bits per heavy atom. The molecule has 1 aliphatic rings. The molecule has 0 aromatic carbocycles. The molecule has 0 amide bonds. The second kappa shape index (κ2) is 7.06. The van der Waals surface area contributed by atoms with E-state index < -0.39 is 0 Å². The zero-order valence-electron chi connectivity index (χ0n) is 13.5. The van der Waals surface area contributed by atoms with Crippen molar-refractivity contribution >= 4 is 11.3 Å². The predicted octanol–water partition coefficient (Wildman–Crippen LogP) is 4.36. The first-order chi connectivity index (χ1) is 9.57. The van der Waals surface area contributed by atoms with Gasteiger partial charge in [-0.25, -0.2) is 0 Å². The number of thiophene rings is 1. The van der Waals surface area contributed by atoms with E-state index >= 15 is 0 Å². The maximum Gasteiger partial charge on any atom is 0.0512 e. The Bertz CT molecular complexity index is 405. The lowest BCUT2D eigenvalue weighted by Gasteiger charge is -2.46. The second-order valence-corrected chi connectivity index (χ2v) is 7.64. The van der Waals surface area contributed by atoms with Crippen molar-refractivity contribution in [3.8, 4) is 0 Å². The minimum absolute atomic E-state index is 0.182. The van der Waals surface area contributed by atoms with Crippen LogP contribution in [-0.4, -0.2) is 30.1 Å². The predicted molar refractivity (Wildman–Crippen MR) is 89.6 cm³/mol. The molecule has 0 aliphatic carbocycles. The normalized spacial score (nSPS) is 19.2. The van der Waals surface area contributed by atoms with Crippen LogP contribution < -0.4 is 5.32 Å². The van der Waals surface area contributed by atoms with Gasteiger partial charge in [0, 0.05) is 10.4 Å². The van der Waals surface area contributed by atoms with E-state index in [4.69, 9.17) is 0 Å². The van der Waals surface area contributed by atoms with E-state index in [0.717, 1.165) is 6.54 Å². The molecule has 1 N–H and O–H groups in total. The molecule has 2 heterocycles. The Morgan fingerprint density at radius 2 is 2.00 bits per heavy atom. The molecule has 1 atom stereocenters. The molecule has 2 nitrogen and oxygen atoms in total. The third-order valence-corrected chi connectivity index (χ3v) is 5.55. The number of rotatable bonds is 6. The zero-order chi connectivity index (χ0) is 14.6. The summed E-state index contributed by atoms with van der Waals surface area (Å²) in [4.78, 5) is 4.16. The minimum atomic E-state index is 0.182. The molecule has 0 saturated carbocycles. The zero-order valence-corrected chi connectivity index (χ0v) is 14.4. The van der Waals surface area contributed by atoms with Gasteiger partial charge in [0.2, 0.25) is 0 Å². The number of aryl methyl sites for hydroxylation is 1. The van der Waals surface area contributed by atoms with Crippen molar-refractivity contribution in [3.05, 3.63) is 21.9 Å². The highest BCUT2D eigenvalue weighted by molar-refractivity contribution is 7.10. The van der Waals surface area contributed by atoms with E-state index in [9.17, 15) is 0 Å². The standard InChI is InChI=1S/C17H30N2S/c1-5-10-18-16(15-9-13-20-14(15)2)17(3,4)19-11-7-6-8-12-19/h9,13,16,18H,5-8,10-12H2,1-4H3. The molecular formula is C17H30N2S. The Morgan fingerprint density at radius 1 is 1.30 bits per heavy atom. The highest BCUT2D eigenvalue weighted by Crippen LogP contribution is 2.36. The Balaban J connectivity index is 2.22. The SMILES string of the molecule is CCCNC(c1ccsc1C)C(C)(C)N1CCCCC1. The summed E-state index contributed by atoms with van der Waals surface area (Å²) in [6.45, 7) is 12.9. The molecular weight excluding hydrogens is 264 g/mol. The van der Waals surface area contributed by atoms with Gasteiger partial charge in [-0.1, -0.05) is 13.3 Å². The van der Waals surface area contributed by atoms with Gasteiger partial charge in [0.25, 0.3) is 0 Å². The molecule has 20 heavy (non-hydrogen) atoms. The summed E-state index contributed by atoms with van der Waals surface area (Å²) in [6.07, 6.45) is 5.30. The summed E-state index contributed by atoms with van der Waals surface area (Å²) in [5, 5.41) is 6.05. The van der Waals surface area contributed by atoms with Gasteiger partial charge in [-0.15, -0.1) is 11.3 Å². The van der Waals surface area contributed by atoms with Gasteiger partial charge in [0.1, 0.15) is 0 Å². The third-order valence-electron chi connectivity index (χ3n) is 4.69. The van der Waals surface area contributed by atoms with Crippen LogP contribution in [0.4, 0.5) is 0 Å². The van der Waals surface area contributed by atoms with Crippen molar-refractivity contribution in [2.45, 2.75) is 65.0 Å². The van der Waals surface area contributed by atoms with Crippen molar-refractivity contribution in [2.75, 3.05) is 19.6 Å². The fourth-order valence-corrected chi connectivity index (χ4v) is 4.12. The number of nitrogens with zero attached hydrogens (tertiary/aromatic N) is 1. The smallest absolute Gasteiger partial charge is 0.0512 e. The maximum absolute atomic E-state index is 3.82. The van der Waals surface area contributed by atoms with Gasteiger partial charge in [-0.2, -0.15) is 0 Å². The largest absolute Gasteiger partial charge is 0.308 e. The van der Waals surface area contributed by atoms with Gasteiger partial charge in [0.15, 0.2) is 0 Å². The van der Waals surface area contributed by atoms with Crippen LogP contribution in [0.5, 0.6) is 0 Å². The summed E-state index contributed by atoms with van der Waals surface area (Å²) < 4.78 is 0. The number of piperidine rings is 1. The van der Waals surface area contributed by atoms with E-state index in [2.05, 4.69) is 49.4 Å². The first-order valence-electron chi connectivity index (χ1n) is 8.09. The molecule has 0 bridgehead atoms. The van der Waals surface area contributed by atoms with Crippen LogP contribution in [0.25, 0.3) is 0 Å². The van der Waals surface area contributed by atoms with Crippen LogP contribution in [0.2, 0.25) is 0 Å². The molecule has 1 aromatic rings. The second-order valence-electron chi connectivity index (χ2n) is 6.52. The number of hydrogen-bond acceptors (Lipinski definition) is 3. The van der Waals surface area contributed by atoms with Crippen LogP contribution in [0.3, 0.4) is 0 Å². The molecule has 1 unspecified atom stereocenters. The molecule has 2 rings (SSSR count). The monoisotopic (exact) mass is 294 g/mol. The summed E-state index contributed by atoms with van der Waals surface area (Å²) >= 11 is 1.87. The fraction of sp³-hybridized carbons (Fsp3) is 0.765. The average molecular weight is 295 g/mol. The van der Waals surface area contributed by atoms with Crippen molar-refractivity contribution in [2.24, 2.45) is 0 Å². The molecule has 1 aromatic heterocycles. The summed E-state index contributed by atoms with van der Waals surface area (Å²) in [6, 6.07) is 2.76. The van der Waals surface area contributed by atoms with Crippen LogP contribution in [0, 0.1) is 6.92 Å². The van der Waals surface area contributed by atoms with Crippen molar-refractivity contribution in [1.29, 1.82) is 0 Å². The molecule has 1 fully saturated rings. The third kappa shape index (κ3) is 3.44. The van der Waals surface area contributed by atoms with Gasteiger partial charge >= 0.3 is 0 Å². The van der Waals surface area contributed by atoms with Crippen molar-refractivity contribution < 1.29 is 0 Å². The maximum atomic E-state index is 3.82. The molecule has 114 valence electrons. The lowest BCUT2D eigenvalue weighted by atomic mass is 9.85. The quantitative estimate of drug-likeness (QED) is 0.838. The van der Waals surface area contributed by atoms with Crippen molar-refractivity contribution in [1.82, 2.24) is 10.2 Å². The van der Waals surface area contributed by atoms with Crippen LogP contribution in [0.15, 0.2) is 11.4 Å². The fourth-order valence-electron chi connectivity index (χ4n) is 3.38. The first kappa shape index (κ1) is 16.0.